The maximum absolute atomic E-state index is 13.1. The molecule has 13 heavy (non-hydrogen) atoms. The zero-order valence-electron chi connectivity index (χ0n) is 7.48. The Bertz CT molecular complexity index is 297. The molecular weight excluding hydrogens is 190 g/mol. The van der Waals surface area contributed by atoms with Crippen LogP contribution in [-0.4, -0.2) is 0 Å². The monoisotopic (exact) mass is 202 g/mol. The summed E-state index contributed by atoms with van der Waals surface area (Å²) in [5.41, 5.74) is 0.442. The largest absolute Gasteiger partial charge is 0.207 e. The summed E-state index contributed by atoms with van der Waals surface area (Å²) in [6.45, 7) is 2.02. The quantitative estimate of drug-likeness (QED) is 0.711. The molecule has 1 rings (SSSR count). The van der Waals surface area contributed by atoms with E-state index in [0.29, 0.717) is 12.0 Å². The van der Waals surface area contributed by atoms with E-state index in [1.165, 1.54) is 6.07 Å². The van der Waals surface area contributed by atoms with Gasteiger partial charge in [0.25, 0.3) is 0 Å². The molecule has 1 aromatic carbocycles. The Morgan fingerprint density at radius 2 is 1.92 bits per heavy atom. The van der Waals surface area contributed by atoms with Gasteiger partial charge in [0.2, 0.25) is 0 Å². The van der Waals surface area contributed by atoms with Gasteiger partial charge in [-0.2, -0.15) is 0 Å². The van der Waals surface area contributed by atoms with E-state index >= 15 is 0 Å². The molecule has 0 atom stereocenters. The number of rotatable bonds is 3. The third-order valence-corrected chi connectivity index (χ3v) is 2.26. The Hall–Kier alpha value is -0.570. The molecule has 0 heterocycles. The molecule has 0 bridgehead atoms. The van der Waals surface area contributed by atoms with Crippen molar-refractivity contribution < 1.29 is 8.78 Å². The van der Waals surface area contributed by atoms with E-state index in [1.807, 2.05) is 6.92 Å². The molecule has 0 aliphatic rings. The molecule has 72 valence electrons. The molecule has 0 N–H and O–H groups in total. The van der Waals surface area contributed by atoms with Gasteiger partial charge in [0.05, 0.1) is 0 Å². The van der Waals surface area contributed by atoms with Gasteiger partial charge < -0.3 is 0 Å². The lowest BCUT2D eigenvalue weighted by Crippen LogP contribution is -1.93. The van der Waals surface area contributed by atoms with Crippen molar-refractivity contribution in [2.75, 3.05) is 0 Å². The summed E-state index contributed by atoms with van der Waals surface area (Å²) in [6.07, 6.45) is 2.44. The average molecular weight is 202 g/mol. The third kappa shape index (κ3) is 2.69. The van der Waals surface area contributed by atoms with Crippen molar-refractivity contribution in [3.8, 4) is 0 Å². The number of benzene rings is 1. The van der Waals surface area contributed by atoms with Gasteiger partial charge in [-0.3, -0.25) is 0 Å². The fourth-order valence-electron chi connectivity index (χ4n) is 1.14. The summed E-state index contributed by atoms with van der Waals surface area (Å²) in [5.74, 6) is -0.810. The molecular formula is C10H12F2S. The fraction of sp³-hybridized carbons (Fsp3) is 0.400. The van der Waals surface area contributed by atoms with Crippen molar-refractivity contribution in [1.82, 2.24) is 0 Å². The van der Waals surface area contributed by atoms with E-state index in [0.717, 1.165) is 18.9 Å². The van der Waals surface area contributed by atoms with Gasteiger partial charge in [-0.1, -0.05) is 13.3 Å². The minimum atomic E-state index is -0.448. The topological polar surface area (TPSA) is 0 Å². The lowest BCUT2D eigenvalue weighted by atomic mass is 10.1. The van der Waals surface area contributed by atoms with Crippen LogP contribution in [-0.2, 0) is 6.42 Å². The van der Waals surface area contributed by atoms with E-state index in [-0.39, 0.29) is 10.7 Å². The number of halogens is 2. The summed E-state index contributed by atoms with van der Waals surface area (Å²) in [5, 5.41) is 0. The van der Waals surface area contributed by atoms with Crippen molar-refractivity contribution in [3.05, 3.63) is 29.3 Å². The normalized spacial score (nSPS) is 10.5. The van der Waals surface area contributed by atoms with Gasteiger partial charge in [-0.15, -0.1) is 12.6 Å². The van der Waals surface area contributed by atoms with Crippen molar-refractivity contribution in [2.24, 2.45) is 0 Å². The molecule has 1 aromatic rings. The van der Waals surface area contributed by atoms with E-state index in [4.69, 9.17) is 0 Å². The molecule has 0 unspecified atom stereocenters. The first-order valence-electron chi connectivity index (χ1n) is 4.32. The van der Waals surface area contributed by atoms with Crippen LogP contribution in [0.1, 0.15) is 25.3 Å². The Balaban J connectivity index is 2.88. The van der Waals surface area contributed by atoms with Crippen LogP contribution < -0.4 is 0 Å². The van der Waals surface area contributed by atoms with Gasteiger partial charge in [0.1, 0.15) is 11.6 Å². The van der Waals surface area contributed by atoms with Crippen LogP contribution in [0.3, 0.4) is 0 Å². The second-order valence-corrected chi connectivity index (χ2v) is 3.48. The van der Waals surface area contributed by atoms with E-state index in [1.54, 1.807) is 0 Å². The molecule has 0 saturated carbocycles. The van der Waals surface area contributed by atoms with Gasteiger partial charge >= 0.3 is 0 Å². The highest BCUT2D eigenvalue weighted by Gasteiger charge is 2.06. The number of thiol groups is 1. The molecule has 0 spiro atoms. The van der Waals surface area contributed by atoms with Crippen LogP contribution in [0.5, 0.6) is 0 Å². The minimum Gasteiger partial charge on any atom is -0.207 e. The second kappa shape index (κ2) is 4.61. The average Bonchev–Trinajstić information content (AvgIpc) is 2.09. The highest BCUT2D eigenvalue weighted by Crippen LogP contribution is 2.19. The SMILES string of the molecule is CCCCc1cc(F)c(S)cc1F. The predicted octanol–water partition coefficient (Wildman–Crippen LogP) is 3.60. The van der Waals surface area contributed by atoms with Crippen molar-refractivity contribution in [1.29, 1.82) is 0 Å². The number of aryl methyl sites for hydroxylation is 1. The van der Waals surface area contributed by atoms with Crippen LogP contribution in [0.2, 0.25) is 0 Å². The van der Waals surface area contributed by atoms with Crippen LogP contribution >= 0.6 is 12.6 Å². The van der Waals surface area contributed by atoms with Gasteiger partial charge in [-0.05, 0) is 30.5 Å². The summed E-state index contributed by atoms with van der Waals surface area (Å²) in [4.78, 5) is 0.0674. The van der Waals surface area contributed by atoms with Gasteiger partial charge in [0.15, 0.2) is 0 Å². The number of hydrogen-bond acceptors (Lipinski definition) is 1. The first-order chi connectivity index (χ1) is 6.15. The zero-order chi connectivity index (χ0) is 9.84. The molecule has 0 aliphatic heterocycles. The smallest absolute Gasteiger partial charge is 0.136 e. The standard InChI is InChI=1S/C10H12F2S/c1-2-3-4-7-5-9(12)10(13)6-8(7)11/h5-6,13H,2-4H2,1H3. The molecule has 3 heteroatoms. The second-order valence-electron chi connectivity index (χ2n) is 3.00. The Labute approximate surface area is 82.4 Å². The molecule has 0 nitrogen and oxygen atoms in total. The van der Waals surface area contributed by atoms with Crippen molar-refractivity contribution in [2.45, 2.75) is 31.1 Å². The van der Waals surface area contributed by atoms with Crippen LogP contribution in [0.15, 0.2) is 17.0 Å². The highest BCUT2D eigenvalue weighted by atomic mass is 32.1. The summed E-state index contributed by atoms with van der Waals surface area (Å²) < 4.78 is 26.1. The Kier molecular flexibility index (Phi) is 3.72. The van der Waals surface area contributed by atoms with Crippen molar-refractivity contribution in [3.63, 3.8) is 0 Å². The maximum Gasteiger partial charge on any atom is 0.136 e. The lowest BCUT2D eigenvalue weighted by molar-refractivity contribution is 0.561. The molecule has 0 aromatic heterocycles. The molecule has 0 fully saturated rings. The summed E-state index contributed by atoms with van der Waals surface area (Å²) in [6, 6.07) is 2.36. The van der Waals surface area contributed by atoms with E-state index in [9.17, 15) is 8.78 Å². The number of unbranched alkanes of at least 4 members (excludes halogenated alkanes) is 1. The highest BCUT2D eigenvalue weighted by molar-refractivity contribution is 7.80. The molecule has 0 aliphatic carbocycles. The summed E-state index contributed by atoms with van der Waals surface area (Å²) in [7, 11) is 0. The van der Waals surface area contributed by atoms with Gasteiger partial charge in [-0.25, -0.2) is 8.78 Å². The van der Waals surface area contributed by atoms with E-state index in [2.05, 4.69) is 12.6 Å². The van der Waals surface area contributed by atoms with Crippen molar-refractivity contribution >= 4 is 12.6 Å². The van der Waals surface area contributed by atoms with Crippen LogP contribution in [0.4, 0.5) is 8.78 Å². The minimum absolute atomic E-state index is 0.0674. The Morgan fingerprint density at radius 1 is 1.23 bits per heavy atom. The molecule has 0 amide bonds. The first-order valence-corrected chi connectivity index (χ1v) is 4.76. The van der Waals surface area contributed by atoms with E-state index < -0.39 is 5.82 Å². The van der Waals surface area contributed by atoms with Crippen LogP contribution in [0, 0.1) is 11.6 Å². The Morgan fingerprint density at radius 3 is 2.54 bits per heavy atom. The fourth-order valence-corrected chi connectivity index (χ4v) is 1.31. The maximum atomic E-state index is 13.1. The molecule has 0 radical (unpaired) electrons. The lowest BCUT2D eigenvalue weighted by Gasteiger charge is -2.03. The zero-order valence-corrected chi connectivity index (χ0v) is 8.37. The predicted molar refractivity (Wildman–Crippen MR) is 52.2 cm³/mol. The molecule has 0 saturated heterocycles. The van der Waals surface area contributed by atoms with Gasteiger partial charge in [0, 0.05) is 4.90 Å². The third-order valence-electron chi connectivity index (χ3n) is 1.92. The summed E-state index contributed by atoms with van der Waals surface area (Å²) >= 11 is 3.79. The van der Waals surface area contributed by atoms with Crippen LogP contribution in [0.25, 0.3) is 0 Å². The number of hydrogen-bond donors (Lipinski definition) is 1. The first kappa shape index (κ1) is 10.5.